The summed E-state index contributed by atoms with van der Waals surface area (Å²) in [5.74, 6) is 0. The molecule has 0 bridgehead atoms. The van der Waals surface area contributed by atoms with Gasteiger partial charge in [0.15, 0.2) is 0 Å². The van der Waals surface area contributed by atoms with E-state index in [9.17, 15) is 0 Å². The predicted octanol–water partition coefficient (Wildman–Crippen LogP) is 1.58. The Bertz CT molecular complexity index is 531. The summed E-state index contributed by atoms with van der Waals surface area (Å²) < 4.78 is 0. The van der Waals surface area contributed by atoms with Crippen molar-refractivity contribution in [2.45, 2.75) is 0 Å². The van der Waals surface area contributed by atoms with Gasteiger partial charge >= 0.3 is 0 Å². The van der Waals surface area contributed by atoms with E-state index in [0.29, 0.717) is 11.3 Å². The van der Waals surface area contributed by atoms with Crippen LogP contribution in [-0.2, 0) is 0 Å². The molecule has 0 aliphatic carbocycles. The van der Waals surface area contributed by atoms with Gasteiger partial charge in [-0.05, 0) is 12.1 Å². The number of rotatable bonds is 2. The SMILES string of the molecule is N=CC(=CN)c1cnc2ccccc2n1. The summed E-state index contributed by atoms with van der Waals surface area (Å²) in [5.41, 5.74) is 8.20. The lowest BCUT2D eigenvalue weighted by Crippen LogP contribution is -1.95. The maximum atomic E-state index is 7.16. The van der Waals surface area contributed by atoms with Crippen molar-refractivity contribution in [1.29, 1.82) is 5.41 Å². The zero-order valence-electron chi connectivity index (χ0n) is 8.01. The molecule has 0 radical (unpaired) electrons. The number of hydrogen-bond acceptors (Lipinski definition) is 4. The molecular weight excluding hydrogens is 188 g/mol. The van der Waals surface area contributed by atoms with Crippen LogP contribution in [0.1, 0.15) is 5.69 Å². The van der Waals surface area contributed by atoms with Gasteiger partial charge < -0.3 is 11.1 Å². The first kappa shape index (κ1) is 9.33. The van der Waals surface area contributed by atoms with Gasteiger partial charge in [0.25, 0.3) is 0 Å². The second-order valence-electron chi connectivity index (χ2n) is 3.01. The Balaban J connectivity index is 2.61. The molecule has 1 aromatic carbocycles. The maximum absolute atomic E-state index is 7.16. The average Bonchev–Trinajstić information content (AvgIpc) is 2.30. The normalized spacial score (nSPS) is 11.6. The molecular formula is C11H10N4. The van der Waals surface area contributed by atoms with Crippen LogP contribution >= 0.6 is 0 Å². The highest BCUT2D eigenvalue weighted by Gasteiger charge is 2.01. The van der Waals surface area contributed by atoms with E-state index in [1.807, 2.05) is 24.3 Å². The van der Waals surface area contributed by atoms with Crippen molar-refractivity contribution in [3.05, 3.63) is 42.4 Å². The van der Waals surface area contributed by atoms with E-state index in [2.05, 4.69) is 9.97 Å². The lowest BCUT2D eigenvalue weighted by atomic mass is 10.2. The van der Waals surface area contributed by atoms with Crippen LogP contribution in [-0.4, -0.2) is 16.2 Å². The van der Waals surface area contributed by atoms with Gasteiger partial charge in [0.1, 0.15) is 0 Å². The molecule has 74 valence electrons. The first-order valence-corrected chi connectivity index (χ1v) is 4.49. The molecule has 2 rings (SSSR count). The van der Waals surface area contributed by atoms with E-state index < -0.39 is 0 Å². The van der Waals surface area contributed by atoms with Crippen LogP contribution < -0.4 is 5.73 Å². The quantitative estimate of drug-likeness (QED) is 0.719. The number of nitrogens with one attached hydrogen (secondary N) is 1. The summed E-state index contributed by atoms with van der Waals surface area (Å²) in [6.07, 6.45) is 4.14. The summed E-state index contributed by atoms with van der Waals surface area (Å²) in [5, 5.41) is 7.16. The molecule has 0 saturated carbocycles. The third kappa shape index (κ3) is 1.69. The second kappa shape index (κ2) is 3.88. The number of para-hydroxylation sites is 2. The minimum Gasteiger partial charge on any atom is -0.404 e. The van der Waals surface area contributed by atoms with Gasteiger partial charge in [-0.25, -0.2) is 4.98 Å². The highest BCUT2D eigenvalue weighted by molar-refractivity contribution is 6.07. The Morgan fingerprint density at radius 2 is 2.00 bits per heavy atom. The fourth-order valence-corrected chi connectivity index (χ4v) is 1.30. The summed E-state index contributed by atoms with van der Waals surface area (Å²) in [7, 11) is 0. The number of benzene rings is 1. The lowest BCUT2D eigenvalue weighted by Gasteiger charge is -2.01. The molecule has 0 aliphatic rings. The first-order valence-electron chi connectivity index (χ1n) is 4.49. The summed E-state index contributed by atoms with van der Waals surface area (Å²) in [6, 6.07) is 7.58. The Hall–Kier alpha value is -2.23. The van der Waals surface area contributed by atoms with Crippen molar-refractivity contribution in [3.63, 3.8) is 0 Å². The average molecular weight is 198 g/mol. The highest BCUT2D eigenvalue weighted by atomic mass is 14.8. The summed E-state index contributed by atoms with van der Waals surface area (Å²) in [6.45, 7) is 0. The molecule has 0 spiro atoms. The van der Waals surface area contributed by atoms with E-state index in [1.54, 1.807) is 6.20 Å². The van der Waals surface area contributed by atoms with E-state index >= 15 is 0 Å². The standard InChI is InChI=1S/C11H10N4/c12-5-8(6-13)11-7-14-9-3-1-2-4-10(9)15-11/h1-7,12H,13H2. The monoisotopic (exact) mass is 198 g/mol. The Morgan fingerprint density at radius 1 is 1.27 bits per heavy atom. The summed E-state index contributed by atoms with van der Waals surface area (Å²) in [4.78, 5) is 8.59. The van der Waals surface area contributed by atoms with Crippen LogP contribution in [0.3, 0.4) is 0 Å². The molecule has 1 aromatic heterocycles. The lowest BCUT2D eigenvalue weighted by molar-refractivity contribution is 1.25. The molecule has 4 nitrogen and oxygen atoms in total. The van der Waals surface area contributed by atoms with Gasteiger partial charge in [-0.15, -0.1) is 0 Å². The number of nitrogens with zero attached hydrogens (tertiary/aromatic N) is 2. The van der Waals surface area contributed by atoms with Crippen LogP contribution in [0.2, 0.25) is 0 Å². The topological polar surface area (TPSA) is 75.7 Å². The van der Waals surface area contributed by atoms with Gasteiger partial charge in [-0.2, -0.15) is 0 Å². The van der Waals surface area contributed by atoms with Crippen molar-refractivity contribution in [2.75, 3.05) is 0 Å². The fraction of sp³-hybridized carbons (Fsp3) is 0. The molecule has 3 N–H and O–H groups in total. The number of fused-ring (bicyclic) bond motifs is 1. The fourth-order valence-electron chi connectivity index (χ4n) is 1.30. The first-order chi connectivity index (χ1) is 7.35. The van der Waals surface area contributed by atoms with Gasteiger partial charge in [-0.3, -0.25) is 4.98 Å². The van der Waals surface area contributed by atoms with Crippen molar-refractivity contribution in [2.24, 2.45) is 5.73 Å². The largest absolute Gasteiger partial charge is 0.404 e. The van der Waals surface area contributed by atoms with Gasteiger partial charge in [0, 0.05) is 18.0 Å². The molecule has 1 heterocycles. The third-order valence-corrected chi connectivity index (χ3v) is 2.08. The highest BCUT2D eigenvalue weighted by Crippen LogP contribution is 2.12. The molecule has 4 heteroatoms. The van der Waals surface area contributed by atoms with Crippen molar-refractivity contribution in [1.82, 2.24) is 9.97 Å². The number of allylic oxidation sites excluding steroid dienone is 1. The number of aromatic nitrogens is 2. The molecule has 0 aliphatic heterocycles. The number of hydrogen-bond donors (Lipinski definition) is 2. The van der Waals surface area contributed by atoms with Gasteiger partial charge in [0.05, 0.1) is 22.9 Å². The zero-order valence-corrected chi connectivity index (χ0v) is 8.01. The molecule has 0 unspecified atom stereocenters. The van der Waals surface area contributed by atoms with Gasteiger partial charge in [-0.1, -0.05) is 12.1 Å². The van der Waals surface area contributed by atoms with E-state index in [4.69, 9.17) is 11.1 Å². The molecule has 2 aromatic rings. The van der Waals surface area contributed by atoms with Crippen molar-refractivity contribution in [3.8, 4) is 0 Å². The minimum absolute atomic E-state index is 0.563. The second-order valence-corrected chi connectivity index (χ2v) is 3.01. The molecule has 0 amide bonds. The Morgan fingerprint density at radius 3 is 2.67 bits per heavy atom. The van der Waals surface area contributed by atoms with E-state index in [1.165, 1.54) is 12.4 Å². The molecule has 15 heavy (non-hydrogen) atoms. The molecule has 0 saturated heterocycles. The summed E-state index contributed by atoms with van der Waals surface area (Å²) >= 11 is 0. The third-order valence-electron chi connectivity index (χ3n) is 2.08. The van der Waals surface area contributed by atoms with E-state index in [0.717, 1.165) is 11.0 Å². The zero-order chi connectivity index (χ0) is 10.7. The van der Waals surface area contributed by atoms with Crippen LogP contribution in [0.5, 0.6) is 0 Å². The van der Waals surface area contributed by atoms with E-state index in [-0.39, 0.29) is 0 Å². The minimum atomic E-state index is 0.563. The molecule has 0 atom stereocenters. The van der Waals surface area contributed by atoms with Gasteiger partial charge in [0.2, 0.25) is 0 Å². The molecule has 0 fully saturated rings. The van der Waals surface area contributed by atoms with Crippen LogP contribution in [0.4, 0.5) is 0 Å². The van der Waals surface area contributed by atoms with Crippen molar-refractivity contribution >= 4 is 22.8 Å². The number of nitrogens with two attached hydrogens (primary N) is 1. The Kier molecular flexibility index (Phi) is 2.41. The van der Waals surface area contributed by atoms with Crippen LogP contribution in [0.25, 0.3) is 16.6 Å². The smallest absolute Gasteiger partial charge is 0.0922 e. The maximum Gasteiger partial charge on any atom is 0.0922 e. The van der Waals surface area contributed by atoms with Crippen molar-refractivity contribution < 1.29 is 0 Å². The van der Waals surface area contributed by atoms with Crippen LogP contribution in [0, 0.1) is 5.41 Å². The van der Waals surface area contributed by atoms with Crippen LogP contribution in [0.15, 0.2) is 36.7 Å². The Labute approximate surface area is 87.0 Å². The predicted molar refractivity (Wildman–Crippen MR) is 60.5 cm³/mol.